The third-order valence-corrected chi connectivity index (χ3v) is 6.37. The van der Waals surface area contributed by atoms with Crippen LogP contribution in [0.4, 0.5) is 0 Å². The summed E-state index contributed by atoms with van der Waals surface area (Å²) in [5, 5.41) is 13.4. The van der Waals surface area contributed by atoms with Crippen LogP contribution in [0, 0.1) is 0 Å². The van der Waals surface area contributed by atoms with E-state index in [1.165, 1.54) is 6.26 Å². The van der Waals surface area contributed by atoms with Crippen molar-refractivity contribution in [2.45, 2.75) is 12.8 Å². The standard InChI is InChI=1S/C25H23N7O3/c33-23(29-10-12-30(13-11-29)25(34)21-7-4-16-35-21)9-8-22-26-27-24-20-17-19(18-5-2-1-3-6-18)28-32(20)15-14-31(22)24/h1-7,14-17H,8-13H2. The number of carbonyl (C=O) groups is 2. The molecule has 1 aliphatic heterocycles. The molecular formula is C25H23N7O3. The molecular weight excluding hydrogens is 446 g/mol. The van der Waals surface area contributed by atoms with Gasteiger partial charge in [-0.3, -0.25) is 14.0 Å². The quantitative estimate of drug-likeness (QED) is 0.392. The molecule has 0 spiro atoms. The minimum Gasteiger partial charge on any atom is -0.459 e. The first-order valence-corrected chi connectivity index (χ1v) is 11.6. The molecule has 1 aliphatic rings. The summed E-state index contributed by atoms with van der Waals surface area (Å²) in [5.74, 6) is 0.957. The molecule has 6 rings (SSSR count). The number of hydrogen-bond donors (Lipinski definition) is 0. The van der Waals surface area contributed by atoms with Crippen molar-refractivity contribution < 1.29 is 14.0 Å². The van der Waals surface area contributed by atoms with Gasteiger partial charge in [-0.15, -0.1) is 10.2 Å². The SMILES string of the molecule is O=C(CCc1nnc2c3cc(-c4ccccc4)nn3ccn12)N1CCN(C(=O)c2ccco2)CC1. The Hall–Kier alpha value is -4.47. The number of fused-ring (bicyclic) bond motifs is 3. The van der Waals surface area contributed by atoms with Crippen LogP contribution in [0.3, 0.4) is 0 Å². The van der Waals surface area contributed by atoms with Crippen LogP contribution in [0.15, 0.2) is 71.6 Å². The van der Waals surface area contributed by atoms with E-state index < -0.39 is 0 Å². The van der Waals surface area contributed by atoms with Gasteiger partial charge >= 0.3 is 0 Å². The number of amides is 2. The van der Waals surface area contributed by atoms with Crippen molar-refractivity contribution in [3.63, 3.8) is 0 Å². The second-order valence-electron chi connectivity index (χ2n) is 8.48. The van der Waals surface area contributed by atoms with Crippen molar-refractivity contribution in [1.29, 1.82) is 0 Å². The molecule has 10 heteroatoms. The van der Waals surface area contributed by atoms with Gasteiger partial charge in [0.2, 0.25) is 5.91 Å². The van der Waals surface area contributed by atoms with Gasteiger partial charge in [0.1, 0.15) is 11.3 Å². The fourth-order valence-corrected chi connectivity index (χ4v) is 4.47. The lowest BCUT2D eigenvalue weighted by Crippen LogP contribution is -2.50. The van der Waals surface area contributed by atoms with Crippen LogP contribution in [0.25, 0.3) is 22.4 Å². The molecule has 5 aromatic rings. The Kier molecular flexibility index (Phi) is 5.25. The van der Waals surface area contributed by atoms with Gasteiger partial charge in [0.25, 0.3) is 5.91 Å². The number of aromatic nitrogens is 5. The molecule has 0 aliphatic carbocycles. The molecule has 0 N–H and O–H groups in total. The maximum atomic E-state index is 12.8. The molecule has 5 heterocycles. The Bertz CT molecular complexity index is 1500. The van der Waals surface area contributed by atoms with Gasteiger partial charge in [0.05, 0.1) is 12.0 Å². The molecule has 1 aromatic carbocycles. The number of carbonyl (C=O) groups excluding carboxylic acids is 2. The van der Waals surface area contributed by atoms with E-state index >= 15 is 0 Å². The summed E-state index contributed by atoms with van der Waals surface area (Å²) in [6.07, 6.45) is 6.04. The van der Waals surface area contributed by atoms with E-state index in [4.69, 9.17) is 4.42 Å². The lowest BCUT2D eigenvalue weighted by atomic mass is 10.1. The normalized spacial score (nSPS) is 14.2. The molecule has 4 aromatic heterocycles. The van der Waals surface area contributed by atoms with E-state index in [-0.39, 0.29) is 11.8 Å². The highest BCUT2D eigenvalue weighted by atomic mass is 16.3. The molecule has 2 amide bonds. The van der Waals surface area contributed by atoms with Crippen LogP contribution >= 0.6 is 0 Å². The second kappa shape index (κ2) is 8.71. The Morgan fingerprint density at radius 3 is 2.49 bits per heavy atom. The van der Waals surface area contributed by atoms with E-state index in [1.54, 1.807) is 26.4 Å². The lowest BCUT2D eigenvalue weighted by Gasteiger charge is -2.34. The summed E-state index contributed by atoms with van der Waals surface area (Å²) in [4.78, 5) is 28.8. The maximum Gasteiger partial charge on any atom is 0.289 e. The lowest BCUT2D eigenvalue weighted by molar-refractivity contribution is -0.132. The number of furan rings is 1. The first-order valence-electron chi connectivity index (χ1n) is 11.6. The number of piperazine rings is 1. The van der Waals surface area contributed by atoms with Gasteiger partial charge in [-0.1, -0.05) is 30.3 Å². The molecule has 1 saturated heterocycles. The van der Waals surface area contributed by atoms with E-state index in [0.717, 1.165) is 22.6 Å². The molecule has 0 saturated carbocycles. The van der Waals surface area contributed by atoms with Crippen molar-refractivity contribution in [2.24, 2.45) is 0 Å². The van der Waals surface area contributed by atoms with Gasteiger partial charge in [-0.2, -0.15) is 5.10 Å². The molecule has 0 atom stereocenters. The molecule has 0 unspecified atom stereocenters. The average Bonchev–Trinajstić information content (AvgIpc) is 3.67. The minimum absolute atomic E-state index is 0.0450. The van der Waals surface area contributed by atoms with Gasteiger partial charge < -0.3 is 14.2 Å². The summed E-state index contributed by atoms with van der Waals surface area (Å²) in [5.41, 5.74) is 3.46. The summed E-state index contributed by atoms with van der Waals surface area (Å²) in [6, 6.07) is 15.3. The molecule has 176 valence electrons. The van der Waals surface area contributed by atoms with Gasteiger partial charge in [-0.05, 0) is 18.2 Å². The van der Waals surface area contributed by atoms with Crippen LogP contribution in [-0.2, 0) is 11.2 Å². The third-order valence-electron chi connectivity index (χ3n) is 6.37. The summed E-state index contributed by atoms with van der Waals surface area (Å²) in [6.45, 7) is 1.99. The van der Waals surface area contributed by atoms with Crippen LogP contribution in [0.2, 0.25) is 0 Å². The maximum absolute atomic E-state index is 12.8. The number of hydrogen-bond acceptors (Lipinski definition) is 6. The molecule has 0 radical (unpaired) electrons. The highest BCUT2D eigenvalue weighted by molar-refractivity contribution is 5.91. The second-order valence-corrected chi connectivity index (χ2v) is 8.48. The molecule has 35 heavy (non-hydrogen) atoms. The topological polar surface area (TPSA) is 101 Å². The highest BCUT2D eigenvalue weighted by Gasteiger charge is 2.26. The van der Waals surface area contributed by atoms with Crippen LogP contribution in [0.5, 0.6) is 0 Å². The predicted molar refractivity (Wildman–Crippen MR) is 127 cm³/mol. The van der Waals surface area contributed by atoms with E-state index in [0.29, 0.717) is 50.4 Å². The fraction of sp³-hybridized carbons (Fsp3) is 0.240. The third kappa shape index (κ3) is 3.92. The molecule has 1 fully saturated rings. The van der Waals surface area contributed by atoms with Crippen molar-refractivity contribution >= 4 is 23.0 Å². The van der Waals surface area contributed by atoms with Crippen LogP contribution in [0.1, 0.15) is 22.8 Å². The van der Waals surface area contributed by atoms with E-state index in [1.807, 2.05) is 53.2 Å². The first-order chi connectivity index (χ1) is 17.2. The number of nitrogens with zero attached hydrogens (tertiary/aromatic N) is 7. The zero-order valence-electron chi connectivity index (χ0n) is 18.9. The molecule has 10 nitrogen and oxygen atoms in total. The largest absolute Gasteiger partial charge is 0.459 e. The fourth-order valence-electron chi connectivity index (χ4n) is 4.47. The highest BCUT2D eigenvalue weighted by Crippen LogP contribution is 2.22. The van der Waals surface area contributed by atoms with Crippen molar-refractivity contribution in [3.8, 4) is 11.3 Å². The van der Waals surface area contributed by atoms with Gasteiger partial charge in [0.15, 0.2) is 11.4 Å². The van der Waals surface area contributed by atoms with Crippen molar-refractivity contribution in [1.82, 2.24) is 34.0 Å². The van der Waals surface area contributed by atoms with Crippen molar-refractivity contribution in [2.75, 3.05) is 26.2 Å². The Balaban J connectivity index is 1.12. The Morgan fingerprint density at radius 1 is 0.914 bits per heavy atom. The van der Waals surface area contributed by atoms with Gasteiger partial charge in [-0.25, -0.2) is 4.52 Å². The first kappa shape index (κ1) is 21.1. The van der Waals surface area contributed by atoms with Crippen LogP contribution < -0.4 is 0 Å². The van der Waals surface area contributed by atoms with Gasteiger partial charge in [0, 0.05) is 57.0 Å². The zero-order chi connectivity index (χ0) is 23.8. The van der Waals surface area contributed by atoms with E-state index in [9.17, 15) is 9.59 Å². The Labute approximate surface area is 200 Å². The minimum atomic E-state index is -0.140. The smallest absolute Gasteiger partial charge is 0.289 e. The van der Waals surface area contributed by atoms with E-state index in [2.05, 4.69) is 15.3 Å². The number of aryl methyl sites for hydroxylation is 1. The summed E-state index contributed by atoms with van der Waals surface area (Å²) in [7, 11) is 0. The van der Waals surface area contributed by atoms with Crippen molar-refractivity contribution in [3.05, 3.63) is 78.8 Å². The summed E-state index contributed by atoms with van der Waals surface area (Å²) < 4.78 is 8.91. The summed E-state index contributed by atoms with van der Waals surface area (Å²) >= 11 is 0. The number of rotatable bonds is 5. The monoisotopic (exact) mass is 469 g/mol. The molecule has 0 bridgehead atoms. The average molecular weight is 470 g/mol. The Morgan fingerprint density at radius 2 is 1.71 bits per heavy atom. The zero-order valence-corrected chi connectivity index (χ0v) is 18.9. The van der Waals surface area contributed by atoms with Crippen LogP contribution in [-0.4, -0.2) is 72.0 Å². The predicted octanol–water partition coefficient (Wildman–Crippen LogP) is 2.55. The number of benzene rings is 1.